The minimum absolute atomic E-state index is 0.265. The highest BCUT2D eigenvalue weighted by molar-refractivity contribution is 5.33. The molecule has 1 aliphatic carbocycles. The van der Waals surface area contributed by atoms with Crippen molar-refractivity contribution in [2.75, 3.05) is 0 Å². The van der Waals surface area contributed by atoms with E-state index in [4.69, 9.17) is 0 Å². The molecule has 0 amide bonds. The van der Waals surface area contributed by atoms with Gasteiger partial charge < -0.3 is 5.11 Å². The van der Waals surface area contributed by atoms with Gasteiger partial charge in [-0.05, 0) is 42.7 Å². The normalized spacial score (nSPS) is 27.7. The molecule has 0 heterocycles. The standard InChI is InChI=1S/C15H26O/c1-6-13(7-10(2)3)14-8-11(4)15(16)12(5)9-14/h8-11,13,15-16H,6-7H2,1-5H3. The van der Waals surface area contributed by atoms with Crippen LogP contribution in [-0.2, 0) is 0 Å². The van der Waals surface area contributed by atoms with Crippen molar-refractivity contribution in [2.24, 2.45) is 17.8 Å². The molecule has 0 aromatic carbocycles. The highest BCUT2D eigenvalue weighted by Gasteiger charge is 2.22. The summed E-state index contributed by atoms with van der Waals surface area (Å²) in [6.07, 6.45) is 6.61. The molecular formula is C15H26O. The molecule has 1 heteroatoms. The quantitative estimate of drug-likeness (QED) is 0.764. The number of hydrogen-bond donors (Lipinski definition) is 1. The van der Waals surface area contributed by atoms with E-state index in [1.54, 1.807) is 0 Å². The zero-order chi connectivity index (χ0) is 12.3. The van der Waals surface area contributed by atoms with Crippen LogP contribution in [0.5, 0.6) is 0 Å². The highest BCUT2D eigenvalue weighted by Crippen LogP contribution is 2.31. The molecule has 0 aromatic rings. The van der Waals surface area contributed by atoms with Gasteiger partial charge in [0.25, 0.3) is 0 Å². The molecule has 1 aliphatic rings. The molecule has 92 valence electrons. The lowest BCUT2D eigenvalue weighted by Crippen LogP contribution is -2.22. The van der Waals surface area contributed by atoms with Crippen molar-refractivity contribution in [1.29, 1.82) is 0 Å². The van der Waals surface area contributed by atoms with E-state index in [0.29, 0.717) is 5.92 Å². The van der Waals surface area contributed by atoms with Crippen LogP contribution in [0, 0.1) is 17.8 Å². The molecule has 0 fully saturated rings. The average Bonchev–Trinajstić information content (AvgIpc) is 2.21. The predicted octanol–water partition coefficient (Wildman–Crippen LogP) is 3.94. The van der Waals surface area contributed by atoms with Crippen LogP contribution in [0.15, 0.2) is 23.3 Å². The SMILES string of the molecule is CCC(CC(C)C)C1=CC(C)C(O)C(C)=C1. The van der Waals surface area contributed by atoms with Crippen LogP contribution in [0.4, 0.5) is 0 Å². The van der Waals surface area contributed by atoms with Crippen LogP contribution in [0.2, 0.25) is 0 Å². The van der Waals surface area contributed by atoms with E-state index >= 15 is 0 Å². The van der Waals surface area contributed by atoms with Crippen LogP contribution >= 0.6 is 0 Å². The number of rotatable bonds is 4. The van der Waals surface area contributed by atoms with Crippen molar-refractivity contribution in [3.8, 4) is 0 Å². The third-order valence-electron chi connectivity index (χ3n) is 3.53. The molecule has 3 atom stereocenters. The molecule has 0 bridgehead atoms. The summed E-state index contributed by atoms with van der Waals surface area (Å²) in [4.78, 5) is 0. The molecular weight excluding hydrogens is 196 g/mol. The minimum atomic E-state index is -0.277. The van der Waals surface area contributed by atoms with Crippen LogP contribution in [-0.4, -0.2) is 11.2 Å². The number of aliphatic hydroxyl groups excluding tert-OH is 1. The topological polar surface area (TPSA) is 20.2 Å². The molecule has 0 saturated heterocycles. The number of aliphatic hydroxyl groups is 1. The van der Waals surface area contributed by atoms with Crippen LogP contribution < -0.4 is 0 Å². The second kappa shape index (κ2) is 5.67. The van der Waals surface area contributed by atoms with Crippen molar-refractivity contribution < 1.29 is 5.11 Å². The molecule has 0 aromatic heterocycles. The third kappa shape index (κ3) is 3.21. The lowest BCUT2D eigenvalue weighted by molar-refractivity contribution is 0.169. The van der Waals surface area contributed by atoms with Crippen molar-refractivity contribution in [3.63, 3.8) is 0 Å². The van der Waals surface area contributed by atoms with Crippen molar-refractivity contribution >= 4 is 0 Å². The Hall–Kier alpha value is -0.560. The van der Waals surface area contributed by atoms with Gasteiger partial charge in [0.1, 0.15) is 0 Å². The Kier molecular flexibility index (Phi) is 4.79. The summed E-state index contributed by atoms with van der Waals surface area (Å²) >= 11 is 0. The van der Waals surface area contributed by atoms with E-state index in [0.717, 1.165) is 11.5 Å². The van der Waals surface area contributed by atoms with Gasteiger partial charge in [-0.2, -0.15) is 0 Å². The van der Waals surface area contributed by atoms with E-state index < -0.39 is 0 Å². The summed E-state index contributed by atoms with van der Waals surface area (Å²) in [5.41, 5.74) is 2.55. The van der Waals surface area contributed by atoms with Gasteiger partial charge in [0.2, 0.25) is 0 Å². The Morgan fingerprint density at radius 2 is 2.00 bits per heavy atom. The Morgan fingerprint density at radius 1 is 1.38 bits per heavy atom. The molecule has 0 aliphatic heterocycles. The second-order valence-corrected chi connectivity index (χ2v) is 5.59. The van der Waals surface area contributed by atoms with Crippen LogP contribution in [0.3, 0.4) is 0 Å². The first-order valence-electron chi connectivity index (χ1n) is 6.53. The van der Waals surface area contributed by atoms with Gasteiger partial charge in [0.15, 0.2) is 0 Å². The molecule has 3 unspecified atom stereocenters. The fourth-order valence-electron chi connectivity index (χ4n) is 2.57. The first kappa shape index (κ1) is 13.5. The third-order valence-corrected chi connectivity index (χ3v) is 3.53. The molecule has 0 radical (unpaired) electrons. The molecule has 0 saturated carbocycles. The maximum Gasteiger partial charge on any atom is 0.0810 e. The zero-order valence-corrected chi connectivity index (χ0v) is 11.3. The summed E-state index contributed by atoms with van der Waals surface area (Å²) in [5, 5.41) is 9.89. The van der Waals surface area contributed by atoms with Gasteiger partial charge >= 0.3 is 0 Å². The van der Waals surface area contributed by atoms with E-state index in [-0.39, 0.29) is 12.0 Å². The number of allylic oxidation sites excluding steroid dienone is 2. The van der Waals surface area contributed by atoms with Crippen molar-refractivity contribution in [2.45, 2.75) is 53.6 Å². The first-order chi connectivity index (χ1) is 7.45. The number of hydrogen-bond acceptors (Lipinski definition) is 1. The fourth-order valence-corrected chi connectivity index (χ4v) is 2.57. The molecule has 1 N–H and O–H groups in total. The Bertz CT molecular complexity index is 286. The van der Waals surface area contributed by atoms with Gasteiger partial charge in [-0.15, -0.1) is 0 Å². The lowest BCUT2D eigenvalue weighted by Gasteiger charge is -2.27. The summed E-state index contributed by atoms with van der Waals surface area (Å²) in [6, 6.07) is 0. The van der Waals surface area contributed by atoms with Crippen molar-refractivity contribution in [1.82, 2.24) is 0 Å². The van der Waals surface area contributed by atoms with E-state index in [9.17, 15) is 5.11 Å². The molecule has 1 rings (SSSR count). The lowest BCUT2D eigenvalue weighted by atomic mass is 9.80. The van der Waals surface area contributed by atoms with Crippen molar-refractivity contribution in [3.05, 3.63) is 23.3 Å². The Balaban J connectivity index is 2.82. The Labute approximate surface area is 100 Å². The van der Waals surface area contributed by atoms with Gasteiger partial charge in [-0.1, -0.05) is 39.8 Å². The van der Waals surface area contributed by atoms with Crippen LogP contribution in [0.25, 0.3) is 0 Å². The maximum absolute atomic E-state index is 9.89. The maximum atomic E-state index is 9.89. The summed E-state index contributed by atoms with van der Waals surface area (Å²) in [7, 11) is 0. The van der Waals surface area contributed by atoms with E-state index in [2.05, 4.69) is 39.8 Å². The van der Waals surface area contributed by atoms with Gasteiger partial charge in [0.05, 0.1) is 6.10 Å². The predicted molar refractivity (Wildman–Crippen MR) is 70.2 cm³/mol. The van der Waals surface area contributed by atoms with Gasteiger partial charge in [-0.3, -0.25) is 0 Å². The summed E-state index contributed by atoms with van der Waals surface area (Å²) < 4.78 is 0. The minimum Gasteiger partial charge on any atom is -0.388 e. The van der Waals surface area contributed by atoms with Crippen LogP contribution in [0.1, 0.15) is 47.5 Å². The zero-order valence-electron chi connectivity index (χ0n) is 11.3. The average molecular weight is 222 g/mol. The monoisotopic (exact) mass is 222 g/mol. The molecule has 0 spiro atoms. The Morgan fingerprint density at radius 3 is 2.44 bits per heavy atom. The van der Waals surface area contributed by atoms with Gasteiger partial charge in [0, 0.05) is 5.92 Å². The smallest absolute Gasteiger partial charge is 0.0810 e. The summed E-state index contributed by atoms with van der Waals surface area (Å²) in [5.74, 6) is 1.66. The van der Waals surface area contributed by atoms with E-state index in [1.807, 2.05) is 6.92 Å². The highest BCUT2D eigenvalue weighted by atomic mass is 16.3. The summed E-state index contributed by atoms with van der Waals surface area (Å²) in [6.45, 7) is 11.0. The largest absolute Gasteiger partial charge is 0.388 e. The molecule has 1 nitrogen and oxygen atoms in total. The van der Waals surface area contributed by atoms with E-state index in [1.165, 1.54) is 18.4 Å². The molecule has 16 heavy (non-hydrogen) atoms. The first-order valence-corrected chi connectivity index (χ1v) is 6.53. The fraction of sp³-hybridized carbons (Fsp3) is 0.733. The van der Waals surface area contributed by atoms with Gasteiger partial charge in [-0.25, -0.2) is 0 Å². The second-order valence-electron chi connectivity index (χ2n) is 5.59.